The van der Waals surface area contributed by atoms with Crippen LogP contribution in [-0.4, -0.2) is 44.0 Å². The normalized spacial score (nSPS) is 19.3. The lowest BCUT2D eigenvalue weighted by molar-refractivity contribution is 0.257. The Bertz CT molecular complexity index is 736. The Labute approximate surface area is 145 Å². The lowest BCUT2D eigenvalue weighted by Crippen LogP contribution is -2.29. The molecule has 2 aliphatic rings. The maximum Gasteiger partial charge on any atom is 0.253 e. The van der Waals surface area contributed by atoms with Crippen LogP contribution in [0.2, 0.25) is 0 Å². The molecule has 0 saturated carbocycles. The third-order valence-electron chi connectivity index (χ3n) is 4.79. The molecular formula is C17H23N5OS. The van der Waals surface area contributed by atoms with Gasteiger partial charge in [-0.25, -0.2) is 9.97 Å². The SMILES string of the molecule is O=c1cc(CN2CCCC2)nc2n1CCCN(Cc1nccs1)C2. The Morgan fingerprint density at radius 3 is 2.67 bits per heavy atom. The van der Waals surface area contributed by atoms with Gasteiger partial charge < -0.3 is 0 Å². The van der Waals surface area contributed by atoms with Crippen LogP contribution in [0.25, 0.3) is 0 Å². The monoisotopic (exact) mass is 345 g/mol. The van der Waals surface area contributed by atoms with Crippen molar-refractivity contribution in [3.05, 3.63) is 44.5 Å². The van der Waals surface area contributed by atoms with E-state index < -0.39 is 0 Å². The number of aromatic nitrogens is 3. The second-order valence-electron chi connectivity index (χ2n) is 6.63. The highest BCUT2D eigenvalue weighted by molar-refractivity contribution is 7.09. The fraction of sp³-hybridized carbons (Fsp3) is 0.588. The van der Waals surface area contributed by atoms with Crippen molar-refractivity contribution in [2.45, 2.75) is 45.4 Å². The maximum atomic E-state index is 12.5. The van der Waals surface area contributed by atoms with E-state index in [0.29, 0.717) is 0 Å². The van der Waals surface area contributed by atoms with Gasteiger partial charge in [-0.2, -0.15) is 0 Å². The summed E-state index contributed by atoms with van der Waals surface area (Å²) in [6.45, 7) is 6.35. The van der Waals surface area contributed by atoms with E-state index in [1.807, 2.05) is 16.1 Å². The molecule has 1 fully saturated rings. The lowest BCUT2D eigenvalue weighted by atomic mass is 10.3. The molecule has 0 spiro atoms. The van der Waals surface area contributed by atoms with Gasteiger partial charge in [-0.1, -0.05) is 0 Å². The molecule has 0 bridgehead atoms. The average Bonchev–Trinajstić information content (AvgIpc) is 3.20. The molecule has 2 aliphatic heterocycles. The summed E-state index contributed by atoms with van der Waals surface area (Å²) in [7, 11) is 0. The Balaban J connectivity index is 1.55. The fourth-order valence-corrected chi connectivity index (χ4v) is 4.26. The third-order valence-corrected chi connectivity index (χ3v) is 5.55. The summed E-state index contributed by atoms with van der Waals surface area (Å²) >= 11 is 1.68. The van der Waals surface area contributed by atoms with Gasteiger partial charge in [0.25, 0.3) is 5.56 Å². The predicted molar refractivity (Wildman–Crippen MR) is 93.9 cm³/mol. The van der Waals surface area contributed by atoms with E-state index in [9.17, 15) is 4.79 Å². The Morgan fingerprint density at radius 2 is 1.88 bits per heavy atom. The standard InChI is InChI=1S/C17H23N5OS/c23-17-10-14(11-20-5-1-2-6-20)19-15-12-21(7-3-8-22(15)17)13-16-18-4-9-24-16/h4,9-10H,1-3,5-8,11-13H2. The number of nitrogens with zero attached hydrogens (tertiary/aromatic N) is 5. The minimum absolute atomic E-state index is 0.102. The van der Waals surface area contributed by atoms with Crippen molar-refractivity contribution in [2.24, 2.45) is 0 Å². The summed E-state index contributed by atoms with van der Waals surface area (Å²) in [6, 6.07) is 1.73. The van der Waals surface area contributed by atoms with E-state index in [0.717, 1.165) is 68.8 Å². The molecular weight excluding hydrogens is 322 g/mol. The summed E-state index contributed by atoms with van der Waals surface area (Å²) in [5, 5.41) is 3.14. The topological polar surface area (TPSA) is 54.3 Å². The van der Waals surface area contributed by atoms with Gasteiger partial charge in [-0.05, 0) is 32.4 Å². The minimum atomic E-state index is 0.102. The number of fused-ring (bicyclic) bond motifs is 1. The first kappa shape index (κ1) is 15.9. The van der Waals surface area contributed by atoms with Crippen LogP contribution >= 0.6 is 11.3 Å². The molecule has 0 aliphatic carbocycles. The van der Waals surface area contributed by atoms with Crippen LogP contribution in [0.4, 0.5) is 0 Å². The fourth-order valence-electron chi connectivity index (χ4n) is 3.61. The van der Waals surface area contributed by atoms with Crippen molar-refractivity contribution in [3.8, 4) is 0 Å². The highest BCUT2D eigenvalue weighted by Crippen LogP contribution is 2.16. The highest BCUT2D eigenvalue weighted by atomic mass is 32.1. The van der Waals surface area contributed by atoms with Crippen LogP contribution in [0.15, 0.2) is 22.4 Å². The Kier molecular flexibility index (Phi) is 4.73. The van der Waals surface area contributed by atoms with Crippen molar-refractivity contribution in [1.82, 2.24) is 24.3 Å². The predicted octanol–water partition coefficient (Wildman–Crippen LogP) is 1.70. The van der Waals surface area contributed by atoms with Crippen molar-refractivity contribution >= 4 is 11.3 Å². The first-order valence-corrected chi connectivity index (χ1v) is 9.58. The quantitative estimate of drug-likeness (QED) is 0.844. The van der Waals surface area contributed by atoms with Gasteiger partial charge in [0.15, 0.2) is 0 Å². The molecule has 0 unspecified atom stereocenters. The number of thiazole rings is 1. The Hall–Kier alpha value is -1.57. The van der Waals surface area contributed by atoms with Gasteiger partial charge in [0.05, 0.1) is 18.8 Å². The first-order chi connectivity index (χ1) is 11.8. The van der Waals surface area contributed by atoms with Gasteiger partial charge in [-0.3, -0.25) is 19.2 Å². The van der Waals surface area contributed by atoms with Crippen LogP contribution in [0.5, 0.6) is 0 Å². The second-order valence-corrected chi connectivity index (χ2v) is 7.61. The van der Waals surface area contributed by atoms with E-state index >= 15 is 0 Å². The zero-order valence-electron chi connectivity index (χ0n) is 13.9. The van der Waals surface area contributed by atoms with Crippen LogP contribution in [0.1, 0.15) is 35.8 Å². The first-order valence-electron chi connectivity index (χ1n) is 8.71. The molecule has 6 nitrogen and oxygen atoms in total. The van der Waals surface area contributed by atoms with Gasteiger partial charge >= 0.3 is 0 Å². The van der Waals surface area contributed by atoms with E-state index in [4.69, 9.17) is 4.98 Å². The minimum Gasteiger partial charge on any atom is -0.298 e. The van der Waals surface area contributed by atoms with Crippen molar-refractivity contribution in [3.63, 3.8) is 0 Å². The molecule has 0 amide bonds. The van der Waals surface area contributed by atoms with Crippen LogP contribution in [0.3, 0.4) is 0 Å². The van der Waals surface area contributed by atoms with E-state index in [1.165, 1.54) is 12.8 Å². The molecule has 0 aromatic carbocycles. The zero-order chi connectivity index (χ0) is 16.4. The summed E-state index contributed by atoms with van der Waals surface area (Å²) in [4.78, 5) is 26.5. The molecule has 2 aromatic heterocycles. The average molecular weight is 345 g/mol. The number of hydrogen-bond acceptors (Lipinski definition) is 6. The number of rotatable bonds is 4. The molecule has 24 heavy (non-hydrogen) atoms. The van der Waals surface area contributed by atoms with Gasteiger partial charge in [0, 0.05) is 37.3 Å². The van der Waals surface area contributed by atoms with Crippen LogP contribution < -0.4 is 5.56 Å². The second kappa shape index (κ2) is 7.13. The molecule has 1 saturated heterocycles. The van der Waals surface area contributed by atoms with Crippen molar-refractivity contribution in [2.75, 3.05) is 19.6 Å². The van der Waals surface area contributed by atoms with E-state index in [-0.39, 0.29) is 5.56 Å². The summed E-state index contributed by atoms with van der Waals surface area (Å²) in [5.41, 5.74) is 1.02. The molecule has 0 N–H and O–H groups in total. The molecule has 7 heteroatoms. The number of likely N-dealkylation sites (tertiary alicyclic amines) is 1. The third kappa shape index (κ3) is 3.58. The summed E-state index contributed by atoms with van der Waals surface area (Å²) in [5.74, 6) is 0.908. The van der Waals surface area contributed by atoms with E-state index in [2.05, 4.69) is 14.8 Å². The molecule has 0 atom stereocenters. The molecule has 4 rings (SSSR count). The lowest BCUT2D eigenvalue weighted by Gasteiger charge is -2.19. The largest absolute Gasteiger partial charge is 0.298 e. The molecule has 2 aromatic rings. The van der Waals surface area contributed by atoms with E-state index in [1.54, 1.807) is 17.4 Å². The highest BCUT2D eigenvalue weighted by Gasteiger charge is 2.19. The zero-order valence-corrected chi connectivity index (χ0v) is 14.7. The molecule has 128 valence electrons. The van der Waals surface area contributed by atoms with Crippen LogP contribution in [0, 0.1) is 0 Å². The Morgan fingerprint density at radius 1 is 1.04 bits per heavy atom. The maximum absolute atomic E-state index is 12.5. The van der Waals surface area contributed by atoms with Crippen molar-refractivity contribution in [1.29, 1.82) is 0 Å². The number of hydrogen-bond donors (Lipinski definition) is 0. The summed E-state index contributed by atoms with van der Waals surface area (Å²) in [6.07, 6.45) is 5.34. The molecule has 0 radical (unpaired) electrons. The van der Waals surface area contributed by atoms with Crippen LogP contribution in [-0.2, 0) is 26.2 Å². The van der Waals surface area contributed by atoms with Gasteiger partial charge in [-0.15, -0.1) is 11.3 Å². The van der Waals surface area contributed by atoms with Gasteiger partial charge in [0.2, 0.25) is 0 Å². The summed E-state index contributed by atoms with van der Waals surface area (Å²) < 4.78 is 1.86. The molecule has 4 heterocycles. The van der Waals surface area contributed by atoms with Gasteiger partial charge in [0.1, 0.15) is 10.8 Å². The van der Waals surface area contributed by atoms with Crippen molar-refractivity contribution < 1.29 is 0 Å². The smallest absolute Gasteiger partial charge is 0.253 e.